The first kappa shape index (κ1) is 14.0. The van der Waals surface area contributed by atoms with E-state index in [1.165, 1.54) is 12.1 Å². The average Bonchev–Trinajstić information content (AvgIpc) is 2.32. The third kappa shape index (κ3) is 3.56. The van der Waals surface area contributed by atoms with E-state index in [0.29, 0.717) is 5.02 Å². The number of alkyl halides is 1. The molecule has 0 heterocycles. The maximum atomic E-state index is 12.8. The van der Waals surface area contributed by atoms with Crippen molar-refractivity contribution in [1.82, 2.24) is 0 Å². The van der Waals surface area contributed by atoms with Gasteiger partial charge in [-0.05, 0) is 41.8 Å². The molecule has 18 heavy (non-hydrogen) atoms. The molecule has 0 aliphatic rings. The molecule has 0 aliphatic carbocycles. The average molecular weight is 392 g/mol. The molecule has 0 bridgehead atoms. The molecular formula is C14H10Br2ClF. The van der Waals surface area contributed by atoms with E-state index in [9.17, 15) is 4.39 Å². The van der Waals surface area contributed by atoms with Crippen molar-refractivity contribution in [2.75, 3.05) is 0 Å². The molecule has 0 nitrogen and oxygen atoms in total. The van der Waals surface area contributed by atoms with Gasteiger partial charge in [0.05, 0.1) is 0 Å². The molecule has 94 valence electrons. The van der Waals surface area contributed by atoms with Crippen molar-refractivity contribution in [2.24, 2.45) is 0 Å². The highest BCUT2D eigenvalue weighted by Gasteiger charge is 2.12. The topological polar surface area (TPSA) is 0 Å². The zero-order valence-electron chi connectivity index (χ0n) is 9.34. The maximum absolute atomic E-state index is 12.8. The van der Waals surface area contributed by atoms with Gasteiger partial charge in [0.1, 0.15) is 5.82 Å². The van der Waals surface area contributed by atoms with Crippen LogP contribution in [0.4, 0.5) is 4.39 Å². The largest absolute Gasteiger partial charge is 0.207 e. The van der Waals surface area contributed by atoms with Gasteiger partial charge in [0.2, 0.25) is 0 Å². The van der Waals surface area contributed by atoms with E-state index < -0.39 is 0 Å². The quantitative estimate of drug-likeness (QED) is 0.569. The second kappa shape index (κ2) is 6.18. The second-order valence-electron chi connectivity index (χ2n) is 3.96. The van der Waals surface area contributed by atoms with Crippen molar-refractivity contribution < 1.29 is 4.39 Å². The fourth-order valence-corrected chi connectivity index (χ4v) is 3.73. The Balaban J connectivity index is 2.16. The summed E-state index contributed by atoms with van der Waals surface area (Å²) < 4.78 is 13.8. The van der Waals surface area contributed by atoms with Crippen LogP contribution in [0, 0.1) is 5.82 Å². The van der Waals surface area contributed by atoms with Gasteiger partial charge in [-0.25, -0.2) is 4.39 Å². The lowest BCUT2D eigenvalue weighted by Gasteiger charge is -2.12. The Kier molecular flexibility index (Phi) is 4.82. The van der Waals surface area contributed by atoms with Gasteiger partial charge < -0.3 is 0 Å². The number of hydrogen-bond acceptors (Lipinski definition) is 0. The fraction of sp³-hybridized carbons (Fsp3) is 0.143. The summed E-state index contributed by atoms with van der Waals surface area (Å²) in [7, 11) is 0. The predicted molar refractivity (Wildman–Crippen MR) is 80.9 cm³/mol. The summed E-state index contributed by atoms with van der Waals surface area (Å²) in [6, 6.07) is 12.3. The van der Waals surface area contributed by atoms with Crippen LogP contribution in [-0.4, -0.2) is 0 Å². The molecule has 1 atom stereocenters. The van der Waals surface area contributed by atoms with Crippen LogP contribution in [0.2, 0.25) is 5.02 Å². The molecule has 1 unspecified atom stereocenters. The lowest BCUT2D eigenvalue weighted by Crippen LogP contribution is -1.96. The molecule has 0 saturated carbocycles. The Morgan fingerprint density at radius 1 is 1.11 bits per heavy atom. The first-order valence-corrected chi connectivity index (χ1v) is 7.48. The van der Waals surface area contributed by atoms with Gasteiger partial charge in [0.15, 0.2) is 0 Å². The number of rotatable bonds is 3. The van der Waals surface area contributed by atoms with Crippen molar-refractivity contribution in [2.45, 2.75) is 11.2 Å². The molecule has 0 amide bonds. The van der Waals surface area contributed by atoms with Crippen LogP contribution in [0.15, 0.2) is 46.9 Å². The zero-order chi connectivity index (χ0) is 13.1. The summed E-state index contributed by atoms with van der Waals surface area (Å²) in [6.07, 6.45) is 0.792. The lowest BCUT2D eigenvalue weighted by atomic mass is 10.0. The molecule has 0 aliphatic heterocycles. The molecule has 0 aromatic heterocycles. The monoisotopic (exact) mass is 390 g/mol. The summed E-state index contributed by atoms with van der Waals surface area (Å²) >= 11 is 13.1. The van der Waals surface area contributed by atoms with Crippen molar-refractivity contribution in [3.8, 4) is 0 Å². The predicted octanol–water partition coefficient (Wildman–Crippen LogP) is 5.92. The molecule has 0 saturated heterocycles. The Morgan fingerprint density at radius 3 is 2.39 bits per heavy atom. The highest BCUT2D eigenvalue weighted by Crippen LogP contribution is 2.34. The van der Waals surface area contributed by atoms with Crippen LogP contribution in [0.5, 0.6) is 0 Å². The molecule has 0 N–H and O–H groups in total. The number of halogens is 4. The summed E-state index contributed by atoms with van der Waals surface area (Å²) in [4.78, 5) is 0.162. The van der Waals surface area contributed by atoms with E-state index in [1.54, 1.807) is 12.1 Å². The van der Waals surface area contributed by atoms with Crippen molar-refractivity contribution in [1.29, 1.82) is 0 Å². The number of hydrogen-bond donors (Lipinski definition) is 0. The van der Waals surface area contributed by atoms with Crippen molar-refractivity contribution >= 4 is 43.5 Å². The minimum atomic E-state index is -0.211. The van der Waals surface area contributed by atoms with Crippen LogP contribution in [0.25, 0.3) is 0 Å². The van der Waals surface area contributed by atoms with E-state index >= 15 is 0 Å². The first-order chi connectivity index (χ1) is 8.56. The molecule has 0 radical (unpaired) electrons. The second-order valence-corrected chi connectivity index (χ2v) is 6.36. The highest BCUT2D eigenvalue weighted by molar-refractivity contribution is 9.11. The maximum Gasteiger partial charge on any atom is 0.123 e. The molecule has 0 fully saturated rings. The van der Waals surface area contributed by atoms with Crippen LogP contribution in [0.3, 0.4) is 0 Å². The van der Waals surface area contributed by atoms with E-state index in [4.69, 9.17) is 11.6 Å². The normalized spacial score (nSPS) is 12.4. The van der Waals surface area contributed by atoms with Gasteiger partial charge in [-0.2, -0.15) is 0 Å². The van der Waals surface area contributed by atoms with Crippen molar-refractivity contribution in [3.63, 3.8) is 0 Å². The summed E-state index contributed by atoms with van der Waals surface area (Å²) in [5.74, 6) is -0.211. The SMILES string of the molecule is Fc1ccc(CC(Br)c2ccc(Cl)cc2Br)cc1. The van der Waals surface area contributed by atoms with Gasteiger partial charge in [-0.1, -0.05) is 61.7 Å². The smallest absolute Gasteiger partial charge is 0.123 e. The van der Waals surface area contributed by atoms with Crippen molar-refractivity contribution in [3.05, 3.63) is 68.9 Å². The van der Waals surface area contributed by atoms with Gasteiger partial charge in [0.25, 0.3) is 0 Å². The summed E-state index contributed by atoms with van der Waals surface area (Å²) in [5.41, 5.74) is 2.21. The molecule has 0 spiro atoms. The lowest BCUT2D eigenvalue weighted by molar-refractivity contribution is 0.627. The zero-order valence-corrected chi connectivity index (χ0v) is 13.3. The molecular weight excluding hydrogens is 382 g/mol. The van der Waals surface area contributed by atoms with Gasteiger partial charge in [-0.3, -0.25) is 0 Å². The van der Waals surface area contributed by atoms with Crippen LogP contribution in [-0.2, 0) is 6.42 Å². The minimum Gasteiger partial charge on any atom is -0.207 e. The van der Waals surface area contributed by atoms with Crippen LogP contribution in [0.1, 0.15) is 16.0 Å². The van der Waals surface area contributed by atoms with E-state index in [0.717, 1.165) is 22.0 Å². The standard InChI is InChI=1S/C14H10Br2ClF/c15-13(7-9-1-4-11(18)5-2-9)12-6-3-10(17)8-14(12)16/h1-6,8,13H,7H2. The van der Waals surface area contributed by atoms with E-state index in [-0.39, 0.29) is 10.6 Å². The minimum absolute atomic E-state index is 0.162. The van der Waals surface area contributed by atoms with Gasteiger partial charge in [-0.15, -0.1) is 0 Å². The Morgan fingerprint density at radius 2 is 1.78 bits per heavy atom. The van der Waals surface area contributed by atoms with E-state index in [2.05, 4.69) is 31.9 Å². The summed E-state index contributed by atoms with van der Waals surface area (Å²) in [5, 5.41) is 0.701. The third-order valence-corrected chi connectivity index (χ3v) is 4.37. The van der Waals surface area contributed by atoms with Crippen LogP contribution < -0.4 is 0 Å². The third-order valence-electron chi connectivity index (χ3n) is 2.63. The highest BCUT2D eigenvalue weighted by atomic mass is 79.9. The Labute approximate surface area is 127 Å². The number of benzene rings is 2. The Bertz CT molecular complexity index is 540. The van der Waals surface area contributed by atoms with Gasteiger partial charge in [0, 0.05) is 14.3 Å². The Hall–Kier alpha value is -0.380. The summed E-state index contributed by atoms with van der Waals surface area (Å²) in [6.45, 7) is 0. The molecule has 2 aromatic carbocycles. The fourth-order valence-electron chi connectivity index (χ4n) is 1.69. The van der Waals surface area contributed by atoms with Gasteiger partial charge >= 0.3 is 0 Å². The molecule has 2 aromatic rings. The van der Waals surface area contributed by atoms with E-state index in [1.807, 2.05) is 18.2 Å². The first-order valence-electron chi connectivity index (χ1n) is 5.40. The van der Waals surface area contributed by atoms with Crippen LogP contribution >= 0.6 is 43.5 Å². The molecule has 2 rings (SSSR count). The molecule has 4 heteroatoms.